The molecule has 2 fully saturated rings. The molecule has 76 heavy (non-hydrogen) atoms. The highest BCUT2D eigenvalue weighted by molar-refractivity contribution is 9.11. The molecule has 2 N–H and O–H groups in total. The predicted molar refractivity (Wildman–Crippen MR) is 310 cm³/mol. The molecule has 8 heterocycles. The zero-order valence-electron chi connectivity index (χ0n) is 47.1. The van der Waals surface area contributed by atoms with Crippen LogP contribution >= 0.6 is 31.9 Å². The number of ether oxygens (including phenoxy) is 4. The average molecular weight is 1210 g/mol. The molecule has 2 aliphatic rings. The van der Waals surface area contributed by atoms with Crippen molar-refractivity contribution in [3.63, 3.8) is 0 Å². The van der Waals surface area contributed by atoms with Crippen LogP contribution in [0, 0.1) is 0 Å². The number of nitrogens with zero attached hydrogens (tertiary/aromatic N) is 13. The van der Waals surface area contributed by atoms with E-state index in [0.29, 0.717) is 68.8 Å². The maximum atomic E-state index is 13.1. The van der Waals surface area contributed by atoms with Gasteiger partial charge in [-0.3, -0.25) is 9.36 Å². The Balaban J connectivity index is 0.000000241. The fourth-order valence-corrected chi connectivity index (χ4v) is 11.9. The van der Waals surface area contributed by atoms with Crippen LogP contribution in [0.1, 0.15) is 90.4 Å². The van der Waals surface area contributed by atoms with E-state index in [9.17, 15) is 9.59 Å². The van der Waals surface area contributed by atoms with Crippen molar-refractivity contribution in [1.29, 1.82) is 0 Å². The molecule has 6 aromatic heterocycles. The van der Waals surface area contributed by atoms with E-state index in [1.54, 1.807) is 31.2 Å². The van der Waals surface area contributed by atoms with Gasteiger partial charge in [-0.1, -0.05) is 39.3 Å². The van der Waals surface area contributed by atoms with Gasteiger partial charge in [0.2, 0.25) is 0 Å². The number of rotatable bonds is 15. The Morgan fingerprint density at radius 1 is 0.658 bits per heavy atom. The zero-order chi connectivity index (χ0) is 55.5. The molecule has 2 atom stereocenters. The zero-order valence-corrected chi connectivity index (χ0v) is 52.3. The van der Waals surface area contributed by atoms with Gasteiger partial charge in [-0.15, -0.1) is 0 Å². The van der Waals surface area contributed by atoms with Gasteiger partial charge < -0.3 is 39.4 Å². The first-order valence-electron chi connectivity index (χ1n) is 26.3. The Morgan fingerprint density at radius 2 is 1.08 bits per heavy atom. The third kappa shape index (κ3) is 15.2. The van der Waals surface area contributed by atoms with Crippen molar-refractivity contribution in [3.05, 3.63) is 57.5 Å². The van der Waals surface area contributed by atoms with Gasteiger partial charge in [0.25, 0.3) is 0 Å². The molecule has 0 saturated carbocycles. The molecule has 0 bridgehead atoms. The van der Waals surface area contributed by atoms with Crippen LogP contribution in [0.4, 0.5) is 21.2 Å². The maximum absolute atomic E-state index is 13.1. The number of nitrogen functional groups attached to an aromatic ring is 1. The third-order valence-electron chi connectivity index (χ3n) is 13.0. The van der Waals surface area contributed by atoms with Crippen LogP contribution in [0.3, 0.4) is 0 Å². The number of hydrogen-bond donors (Lipinski definition) is 1. The van der Waals surface area contributed by atoms with Crippen molar-refractivity contribution in [1.82, 2.24) is 58.6 Å². The summed E-state index contributed by atoms with van der Waals surface area (Å²) in [6.07, 6.45) is 14.1. The first-order chi connectivity index (χ1) is 35.6. The molecule has 2 amide bonds. The summed E-state index contributed by atoms with van der Waals surface area (Å²) in [6, 6.07) is 2.15. The molecular weight excluding hydrogens is 1130 g/mol. The molecule has 8 rings (SSSR count). The second-order valence-electron chi connectivity index (χ2n) is 24.5. The van der Waals surface area contributed by atoms with Crippen molar-refractivity contribution < 1.29 is 28.5 Å². The molecule has 20 nitrogen and oxygen atoms in total. The smallest absolute Gasteiger partial charge is 0.410 e. The Labute approximate surface area is 466 Å². The molecule has 0 spiro atoms. The number of aromatic nitrogens is 10. The number of aryl methyl sites for hydroxylation is 2. The first-order valence-corrected chi connectivity index (χ1v) is 35.3. The van der Waals surface area contributed by atoms with E-state index in [0.717, 1.165) is 87.4 Å². The molecule has 24 heteroatoms. The van der Waals surface area contributed by atoms with Gasteiger partial charge in [-0.25, -0.2) is 19.6 Å². The Morgan fingerprint density at radius 3 is 1.49 bits per heavy atom. The summed E-state index contributed by atoms with van der Waals surface area (Å²) in [6.45, 7) is 29.9. The van der Waals surface area contributed by atoms with E-state index in [1.807, 2.05) is 89.8 Å². The van der Waals surface area contributed by atoms with E-state index in [-0.39, 0.29) is 24.0 Å². The number of piperidine rings is 2. The van der Waals surface area contributed by atoms with Crippen molar-refractivity contribution in [3.8, 4) is 22.3 Å². The fraction of sp³-hybridized carbons (Fsp3) is 0.615. The molecule has 416 valence electrons. The Bertz CT molecular complexity index is 2950. The summed E-state index contributed by atoms with van der Waals surface area (Å²) in [7, 11) is 1.24. The lowest BCUT2D eigenvalue weighted by molar-refractivity contribution is 0.0187. The average Bonchev–Trinajstić information content (AvgIpc) is 4.16. The minimum atomic E-state index is -1.27. The number of hydrogen-bond acceptors (Lipinski definition) is 14. The lowest BCUT2D eigenvalue weighted by atomic mass is 9.94. The molecule has 0 aromatic carbocycles. The summed E-state index contributed by atoms with van der Waals surface area (Å²) in [5.74, 6) is 1.35. The summed E-state index contributed by atoms with van der Waals surface area (Å²) in [5, 5.41) is 17.9. The van der Waals surface area contributed by atoms with E-state index in [4.69, 9.17) is 39.7 Å². The summed E-state index contributed by atoms with van der Waals surface area (Å²) in [4.78, 5) is 41.6. The monoisotopic (exact) mass is 1210 g/mol. The van der Waals surface area contributed by atoms with Gasteiger partial charge in [0.05, 0.1) is 45.1 Å². The van der Waals surface area contributed by atoms with Gasteiger partial charge >= 0.3 is 12.2 Å². The number of carbonyl (C=O) groups is 2. The van der Waals surface area contributed by atoms with E-state index >= 15 is 0 Å². The van der Waals surface area contributed by atoms with Crippen LogP contribution in [-0.2, 0) is 33.0 Å². The number of amides is 2. The summed E-state index contributed by atoms with van der Waals surface area (Å²) in [5.41, 5.74) is 12.0. The standard InChI is InChI=1S/C32H54BrN7O4Si2.C20H26BrN7O2/c1-32(2,3)44-31(41)38-13-11-12-24(21-38)28-27(33)30(40-29(36-28)26(19-35-40)25-18-34-37(4)20-25)39(22-42-14-16-45(5,6)7)23-43-15-17-46(8,9)10;1-20(2,3)30-19(29)27-7-5-6-12(11-27)16-15(21)17(22)28-18(25-16)14(9-24-28)13-8-23-26(4)10-13/h18-20,24H,11-17,21-23H2,1-10H3;8-10,12H,5-7,11,22H2,1-4H3. The summed E-state index contributed by atoms with van der Waals surface area (Å²) >= 11 is 7.59. The van der Waals surface area contributed by atoms with Crippen molar-refractivity contribution in [2.75, 3.05) is 63.5 Å². The number of likely N-dealkylation sites (tertiary alicyclic amines) is 2. The molecular formula is C52H80Br2N14O6Si2. The van der Waals surface area contributed by atoms with Gasteiger partial charge in [-0.2, -0.15) is 29.4 Å². The highest BCUT2D eigenvalue weighted by Crippen LogP contribution is 2.40. The largest absolute Gasteiger partial charge is 0.444 e. The molecule has 0 radical (unpaired) electrons. The lowest BCUT2D eigenvalue weighted by Gasteiger charge is -2.35. The van der Waals surface area contributed by atoms with Crippen LogP contribution < -0.4 is 10.6 Å². The van der Waals surface area contributed by atoms with Crippen molar-refractivity contribution >= 4 is 83.1 Å². The summed E-state index contributed by atoms with van der Waals surface area (Å²) < 4.78 is 32.5. The van der Waals surface area contributed by atoms with E-state index in [1.165, 1.54) is 0 Å². The highest BCUT2D eigenvalue weighted by atomic mass is 79.9. The topological polar surface area (TPSA) is 203 Å². The van der Waals surface area contributed by atoms with Crippen LogP contribution in [-0.4, -0.2) is 151 Å². The van der Waals surface area contributed by atoms with E-state index < -0.39 is 27.3 Å². The predicted octanol–water partition coefficient (Wildman–Crippen LogP) is 11.0. The lowest BCUT2D eigenvalue weighted by Crippen LogP contribution is -2.42. The molecule has 6 aromatic rings. The number of fused-ring (bicyclic) bond motifs is 2. The minimum Gasteiger partial charge on any atom is -0.444 e. The Kier molecular flexibility index (Phi) is 18.6. The molecule has 2 unspecified atom stereocenters. The van der Waals surface area contributed by atoms with Gasteiger partial charge in [0.1, 0.15) is 30.5 Å². The van der Waals surface area contributed by atoms with E-state index in [2.05, 4.69) is 91.3 Å². The van der Waals surface area contributed by atoms with Crippen molar-refractivity contribution in [2.24, 2.45) is 14.1 Å². The van der Waals surface area contributed by atoms with Crippen LogP contribution in [0.25, 0.3) is 33.5 Å². The molecule has 2 saturated heterocycles. The highest BCUT2D eigenvalue weighted by Gasteiger charge is 2.35. The number of anilines is 2. The minimum absolute atomic E-state index is 0.00138. The van der Waals surface area contributed by atoms with Gasteiger partial charge in [0, 0.05) is 116 Å². The number of halogens is 2. The van der Waals surface area contributed by atoms with Gasteiger partial charge in [-0.05, 0) is 111 Å². The number of carbonyl (C=O) groups excluding carboxylic acids is 2. The second kappa shape index (κ2) is 24.0. The van der Waals surface area contributed by atoms with Crippen molar-refractivity contribution in [2.45, 2.75) is 142 Å². The second-order valence-corrected chi connectivity index (χ2v) is 37.3. The molecule has 0 aliphatic carbocycles. The maximum Gasteiger partial charge on any atom is 0.410 e. The Hall–Kier alpha value is -4.89. The SMILES string of the molecule is Cn1cc(-c2cnn3c(N(COCC[Si](C)(C)C)COCC[Si](C)(C)C)c(Br)c(C4CCCN(C(=O)OC(C)(C)C)C4)nc23)cn1.Cn1cc(-c2cnn3c(N)c(Br)c(C4CCCN(C(=O)OC(C)(C)C)C4)nc23)cn1. The number of nitrogens with two attached hydrogens (primary N) is 1. The molecule has 2 aliphatic heterocycles. The fourth-order valence-electron chi connectivity index (χ4n) is 8.98. The first kappa shape index (κ1) is 58.8. The third-order valence-corrected chi connectivity index (χ3v) is 18.0. The van der Waals surface area contributed by atoms with Gasteiger partial charge in [0.15, 0.2) is 17.1 Å². The van der Waals surface area contributed by atoms with Crippen LogP contribution in [0.15, 0.2) is 46.1 Å². The normalized spacial score (nSPS) is 16.8. The quantitative estimate of drug-likeness (QED) is 0.0578. The van der Waals surface area contributed by atoms with Crippen LogP contribution in [0.5, 0.6) is 0 Å². The van der Waals surface area contributed by atoms with Crippen LogP contribution in [0.2, 0.25) is 51.4 Å².